The zero-order valence-corrected chi connectivity index (χ0v) is 22.2. The molecule has 0 radical (unpaired) electrons. The van der Waals surface area contributed by atoms with Crippen molar-refractivity contribution in [3.05, 3.63) is 40.4 Å². The number of aryl methyl sites for hydroxylation is 2. The Morgan fingerprint density at radius 1 is 1.09 bits per heavy atom. The van der Waals surface area contributed by atoms with Gasteiger partial charge in [-0.3, -0.25) is 9.59 Å². The lowest BCUT2D eigenvalue weighted by atomic mass is 10.1. The summed E-state index contributed by atoms with van der Waals surface area (Å²) in [5, 5.41) is 5.89. The highest BCUT2D eigenvalue weighted by atomic mass is 32.2. The van der Waals surface area contributed by atoms with Gasteiger partial charge in [-0.05, 0) is 37.0 Å². The highest BCUT2D eigenvalue weighted by Gasteiger charge is 2.15. The molecule has 11 nitrogen and oxygen atoms in total. The van der Waals surface area contributed by atoms with E-state index in [-0.39, 0.29) is 30.7 Å². The van der Waals surface area contributed by atoms with Crippen LogP contribution in [0.15, 0.2) is 29.3 Å². The van der Waals surface area contributed by atoms with E-state index in [1.807, 2.05) is 38.1 Å². The number of nitrogens with two attached hydrogens (primary N) is 2. The fourth-order valence-corrected chi connectivity index (χ4v) is 4.42. The molecular weight excluding hydrogens is 490 g/mol. The Morgan fingerprint density at radius 2 is 1.74 bits per heavy atom. The lowest BCUT2D eigenvalue weighted by Crippen LogP contribution is -2.30. The minimum atomic E-state index is -3.24. The molecule has 7 N–H and O–H groups in total. The summed E-state index contributed by atoms with van der Waals surface area (Å²) in [6.45, 7) is 5.99. The number of thiazole rings is 1. The van der Waals surface area contributed by atoms with Gasteiger partial charge >= 0.3 is 0 Å². The van der Waals surface area contributed by atoms with Crippen LogP contribution in [0, 0.1) is 0 Å². The number of carbonyl (C=O) groups excluding carboxylic acids is 2. The third-order valence-electron chi connectivity index (χ3n) is 4.27. The molecule has 0 saturated heterocycles. The molecule has 0 fully saturated rings. The average Bonchev–Trinajstić information content (AvgIpc) is 3.13. The molecule has 0 aliphatic carbocycles. The van der Waals surface area contributed by atoms with Gasteiger partial charge in [0.15, 0.2) is 11.1 Å². The molecule has 13 heteroatoms. The number of rotatable bonds is 12. The lowest BCUT2D eigenvalue weighted by Gasteiger charge is -2.06. The number of guanidine groups is 1. The Kier molecular flexibility index (Phi) is 12.9. The number of carbonyl (C=O) groups is 2. The zero-order chi connectivity index (χ0) is 26.4. The number of anilines is 1. The number of nitrogens with one attached hydrogen (secondary N) is 3. The quantitative estimate of drug-likeness (QED) is 0.158. The van der Waals surface area contributed by atoms with E-state index in [1.54, 1.807) is 0 Å². The summed E-state index contributed by atoms with van der Waals surface area (Å²) < 4.78 is 24.5. The van der Waals surface area contributed by atoms with Gasteiger partial charge in [-0.2, -0.15) is 0 Å². The van der Waals surface area contributed by atoms with Crippen molar-refractivity contribution in [1.82, 2.24) is 15.0 Å². The van der Waals surface area contributed by atoms with Gasteiger partial charge in [0.05, 0.1) is 24.1 Å². The van der Waals surface area contributed by atoms with Crippen molar-refractivity contribution >= 4 is 50.0 Å². The summed E-state index contributed by atoms with van der Waals surface area (Å²) in [5.41, 5.74) is 13.2. The van der Waals surface area contributed by atoms with Crippen molar-refractivity contribution in [3.8, 4) is 0 Å². The Hall–Kier alpha value is -3.03. The van der Waals surface area contributed by atoms with Gasteiger partial charge in [0, 0.05) is 24.9 Å². The van der Waals surface area contributed by atoms with Gasteiger partial charge in [0.25, 0.3) is 0 Å². The van der Waals surface area contributed by atoms with Crippen molar-refractivity contribution in [3.63, 3.8) is 0 Å². The summed E-state index contributed by atoms with van der Waals surface area (Å²) in [7, 11) is -3.24. The van der Waals surface area contributed by atoms with Gasteiger partial charge in [-0.1, -0.05) is 26.0 Å². The molecule has 0 spiro atoms. The van der Waals surface area contributed by atoms with Crippen molar-refractivity contribution in [2.75, 3.05) is 24.7 Å². The molecular formula is C22H35N7O4S2. The monoisotopic (exact) mass is 525 g/mol. The van der Waals surface area contributed by atoms with Crippen LogP contribution in [0.3, 0.4) is 0 Å². The molecule has 2 amide bonds. The Balaban J connectivity index is 0.00000298. The summed E-state index contributed by atoms with van der Waals surface area (Å²) in [6, 6.07) is 7.46. The van der Waals surface area contributed by atoms with E-state index in [4.69, 9.17) is 11.5 Å². The van der Waals surface area contributed by atoms with Gasteiger partial charge in [0.1, 0.15) is 0 Å². The first kappa shape index (κ1) is 30.0. The zero-order valence-electron chi connectivity index (χ0n) is 20.6. The van der Waals surface area contributed by atoms with Crippen LogP contribution in [0.4, 0.5) is 10.8 Å². The molecule has 194 valence electrons. The maximum absolute atomic E-state index is 12.4. The van der Waals surface area contributed by atoms with Crippen LogP contribution in [0.25, 0.3) is 0 Å². The van der Waals surface area contributed by atoms with E-state index in [1.165, 1.54) is 18.3 Å². The maximum Gasteiger partial charge on any atom is 0.225 e. The fraction of sp³-hybridized carbons (Fsp3) is 0.455. The maximum atomic E-state index is 12.4. The van der Waals surface area contributed by atoms with Crippen LogP contribution in [0.1, 0.15) is 43.3 Å². The predicted octanol–water partition coefficient (Wildman–Crippen LogP) is 1.42. The largest absolute Gasteiger partial charge is 0.370 e. The molecule has 0 unspecified atom stereocenters. The minimum Gasteiger partial charge on any atom is -0.370 e. The summed E-state index contributed by atoms with van der Waals surface area (Å²) in [4.78, 5) is 33.0. The van der Waals surface area contributed by atoms with Gasteiger partial charge in [-0.25, -0.2) is 23.1 Å². The molecule has 1 heterocycles. The standard InChI is InChI=1S/C20H29N7O4S2.C2H6/c1-13(28)25-20-27-16(9-6-14-4-7-15(8-5-14)26-19(21)22)17(32-20)12-18(29)23-10-3-11-24-33(2,30)31;1-2/h4-5,7-8,24H,3,6,9-12H2,1-2H3,(H,23,29)(H4,21,22,26)(H,25,27,28);1-2H3. The third kappa shape index (κ3) is 12.9. The summed E-state index contributed by atoms with van der Waals surface area (Å²) >= 11 is 1.27. The lowest BCUT2D eigenvalue weighted by molar-refractivity contribution is -0.120. The van der Waals surface area contributed by atoms with Crippen LogP contribution in [0.5, 0.6) is 0 Å². The summed E-state index contributed by atoms with van der Waals surface area (Å²) in [5.74, 6) is -0.444. The second-order valence-electron chi connectivity index (χ2n) is 7.32. The van der Waals surface area contributed by atoms with E-state index >= 15 is 0 Å². The number of sulfonamides is 1. The van der Waals surface area contributed by atoms with Crippen LogP contribution in [-0.2, 0) is 38.9 Å². The fourth-order valence-electron chi connectivity index (χ4n) is 2.85. The number of amides is 2. The Bertz CT molecular complexity index is 1090. The number of nitrogens with zero attached hydrogens (tertiary/aromatic N) is 2. The number of aromatic nitrogens is 1. The molecule has 0 saturated carbocycles. The third-order valence-corrected chi connectivity index (χ3v) is 6.01. The Morgan fingerprint density at radius 3 is 2.31 bits per heavy atom. The molecule has 1 aromatic carbocycles. The molecule has 2 rings (SSSR count). The average molecular weight is 526 g/mol. The minimum absolute atomic E-state index is 0.00898. The van der Waals surface area contributed by atoms with Crippen LogP contribution >= 0.6 is 11.3 Å². The molecule has 2 aromatic rings. The first-order valence-electron chi connectivity index (χ1n) is 11.2. The second kappa shape index (κ2) is 15.1. The molecule has 0 atom stereocenters. The van der Waals surface area contributed by atoms with Crippen LogP contribution in [-0.4, -0.2) is 50.5 Å². The topological polar surface area (TPSA) is 182 Å². The Labute approximate surface area is 210 Å². The first-order valence-corrected chi connectivity index (χ1v) is 13.9. The number of aliphatic imine (C=N–C) groups is 1. The van der Waals surface area contributed by atoms with Gasteiger partial charge in [0.2, 0.25) is 21.8 Å². The van der Waals surface area contributed by atoms with Crippen LogP contribution < -0.4 is 26.8 Å². The number of benzene rings is 1. The van der Waals surface area contributed by atoms with E-state index in [0.717, 1.165) is 22.4 Å². The predicted molar refractivity (Wildman–Crippen MR) is 141 cm³/mol. The van der Waals surface area contributed by atoms with E-state index in [2.05, 4.69) is 25.3 Å². The van der Waals surface area contributed by atoms with E-state index in [9.17, 15) is 18.0 Å². The molecule has 1 aromatic heterocycles. The second-order valence-corrected chi connectivity index (χ2v) is 10.2. The van der Waals surface area contributed by atoms with E-state index in [0.29, 0.717) is 36.6 Å². The number of hydrogen-bond acceptors (Lipinski definition) is 7. The number of hydrogen-bond donors (Lipinski definition) is 5. The molecule has 0 aliphatic rings. The van der Waals surface area contributed by atoms with Crippen molar-refractivity contribution in [1.29, 1.82) is 0 Å². The SMILES string of the molecule is CC.CC(=O)Nc1nc(CCc2ccc(N=C(N)N)cc2)c(CC(=O)NCCCNS(C)(=O)=O)s1. The first-order chi connectivity index (χ1) is 16.5. The van der Waals surface area contributed by atoms with Crippen LogP contribution in [0.2, 0.25) is 0 Å². The molecule has 35 heavy (non-hydrogen) atoms. The normalized spacial score (nSPS) is 10.6. The summed E-state index contributed by atoms with van der Waals surface area (Å²) in [6.07, 6.45) is 2.94. The van der Waals surface area contributed by atoms with Gasteiger partial charge in [-0.15, -0.1) is 11.3 Å². The van der Waals surface area contributed by atoms with E-state index < -0.39 is 10.0 Å². The van der Waals surface area contributed by atoms with Crippen molar-refractivity contribution < 1.29 is 18.0 Å². The highest BCUT2D eigenvalue weighted by Crippen LogP contribution is 2.25. The van der Waals surface area contributed by atoms with Crippen molar-refractivity contribution in [2.24, 2.45) is 16.5 Å². The smallest absolute Gasteiger partial charge is 0.225 e. The van der Waals surface area contributed by atoms with Crippen molar-refractivity contribution in [2.45, 2.75) is 46.5 Å². The molecule has 0 aliphatic heterocycles. The highest BCUT2D eigenvalue weighted by molar-refractivity contribution is 7.88. The molecule has 0 bridgehead atoms. The van der Waals surface area contributed by atoms with Gasteiger partial charge < -0.3 is 22.1 Å².